The Bertz CT molecular complexity index is 492. The zero-order valence-corrected chi connectivity index (χ0v) is 10.5. The van der Waals surface area contributed by atoms with Gasteiger partial charge >= 0.3 is 5.97 Å². The molecule has 2 rings (SSSR count). The van der Waals surface area contributed by atoms with Crippen LogP contribution in [0.15, 0.2) is 12.4 Å². The summed E-state index contributed by atoms with van der Waals surface area (Å²) in [6.45, 7) is 1.43. The minimum Gasteiger partial charge on any atom is -0.481 e. The summed E-state index contributed by atoms with van der Waals surface area (Å²) < 4.78 is 0. The first-order valence-electron chi connectivity index (χ1n) is 6.15. The highest BCUT2D eigenvalue weighted by Gasteiger charge is 2.27. The number of nitrogens with zero attached hydrogens (tertiary/aromatic N) is 3. The second-order valence-corrected chi connectivity index (χ2v) is 4.63. The average Bonchev–Trinajstić information content (AvgIpc) is 2.85. The van der Waals surface area contributed by atoms with E-state index < -0.39 is 11.9 Å². The lowest BCUT2D eigenvalue weighted by Gasteiger charge is -2.18. The van der Waals surface area contributed by atoms with Crippen molar-refractivity contribution < 1.29 is 14.7 Å². The zero-order valence-electron chi connectivity index (χ0n) is 10.5. The molecule has 19 heavy (non-hydrogen) atoms. The lowest BCUT2D eigenvalue weighted by atomic mass is 10.0. The Labute approximate surface area is 110 Å². The molecular weight excluding hydrogens is 248 g/mol. The summed E-state index contributed by atoms with van der Waals surface area (Å²) in [5.74, 6) is -0.584. The van der Waals surface area contributed by atoms with Crippen LogP contribution in [0.25, 0.3) is 0 Å². The van der Waals surface area contributed by atoms with Crippen molar-refractivity contribution in [3.05, 3.63) is 18.1 Å². The quantitative estimate of drug-likeness (QED) is 0.789. The lowest BCUT2D eigenvalue weighted by Crippen LogP contribution is -2.26. The Morgan fingerprint density at radius 2 is 2.16 bits per heavy atom. The molecule has 0 bridgehead atoms. The topological polar surface area (TPSA) is 109 Å². The predicted molar refractivity (Wildman–Crippen MR) is 67.7 cm³/mol. The fourth-order valence-corrected chi connectivity index (χ4v) is 2.32. The second-order valence-electron chi connectivity index (χ2n) is 4.63. The van der Waals surface area contributed by atoms with Crippen LogP contribution < -0.4 is 10.6 Å². The molecule has 1 aliphatic heterocycles. The van der Waals surface area contributed by atoms with Gasteiger partial charge in [-0.2, -0.15) is 0 Å². The molecule has 1 aromatic heterocycles. The minimum atomic E-state index is -0.782. The number of hydrogen-bond acceptors (Lipinski definition) is 5. The monoisotopic (exact) mass is 264 g/mol. The third-order valence-corrected chi connectivity index (χ3v) is 3.26. The third kappa shape index (κ3) is 3.18. The molecule has 1 amide bonds. The molecule has 102 valence electrons. The van der Waals surface area contributed by atoms with Gasteiger partial charge in [-0.15, -0.1) is 0 Å². The fraction of sp³-hybridized carbons (Fsp3) is 0.500. The first-order valence-corrected chi connectivity index (χ1v) is 6.15. The largest absolute Gasteiger partial charge is 0.481 e. The Morgan fingerprint density at radius 3 is 2.84 bits per heavy atom. The summed E-state index contributed by atoms with van der Waals surface area (Å²) in [4.78, 5) is 31.9. The summed E-state index contributed by atoms with van der Waals surface area (Å²) in [5.41, 5.74) is 5.44. The standard InChI is InChI=1S/C12H16N4O3/c13-11(19)10-12(15-5-4-14-10)16-6-3-8(7-16)1-2-9(17)18/h4-5,8H,1-3,6-7H2,(H2,13,19)(H,17,18). The van der Waals surface area contributed by atoms with E-state index in [0.29, 0.717) is 24.7 Å². The highest BCUT2D eigenvalue weighted by atomic mass is 16.4. The molecule has 0 radical (unpaired) electrons. The Kier molecular flexibility index (Phi) is 3.94. The van der Waals surface area contributed by atoms with Gasteiger partial charge in [-0.1, -0.05) is 0 Å². The number of nitrogens with two attached hydrogens (primary N) is 1. The molecule has 1 aliphatic rings. The third-order valence-electron chi connectivity index (χ3n) is 3.26. The molecule has 0 spiro atoms. The Morgan fingerprint density at radius 1 is 1.42 bits per heavy atom. The first-order chi connectivity index (χ1) is 9.08. The number of hydrogen-bond donors (Lipinski definition) is 2. The van der Waals surface area contributed by atoms with Gasteiger partial charge < -0.3 is 15.7 Å². The summed E-state index contributed by atoms with van der Waals surface area (Å²) >= 11 is 0. The highest BCUT2D eigenvalue weighted by molar-refractivity contribution is 5.95. The summed E-state index contributed by atoms with van der Waals surface area (Å²) in [5, 5.41) is 8.68. The number of aromatic nitrogens is 2. The van der Waals surface area contributed by atoms with Gasteiger partial charge in [0, 0.05) is 31.9 Å². The van der Waals surface area contributed by atoms with E-state index >= 15 is 0 Å². The summed E-state index contributed by atoms with van der Waals surface area (Å²) in [6, 6.07) is 0. The molecule has 7 heteroatoms. The van der Waals surface area contributed by atoms with Gasteiger partial charge in [0.15, 0.2) is 11.5 Å². The first kappa shape index (κ1) is 13.3. The van der Waals surface area contributed by atoms with Gasteiger partial charge in [-0.05, 0) is 18.8 Å². The van der Waals surface area contributed by atoms with E-state index in [4.69, 9.17) is 10.8 Å². The van der Waals surface area contributed by atoms with Crippen LogP contribution in [-0.2, 0) is 4.79 Å². The molecule has 2 heterocycles. The van der Waals surface area contributed by atoms with Crippen LogP contribution in [0.3, 0.4) is 0 Å². The molecular formula is C12H16N4O3. The molecule has 0 saturated carbocycles. The van der Waals surface area contributed by atoms with Gasteiger partial charge in [-0.3, -0.25) is 9.59 Å². The van der Waals surface area contributed by atoms with Crippen molar-refractivity contribution in [2.75, 3.05) is 18.0 Å². The number of primary amides is 1. The maximum absolute atomic E-state index is 11.3. The number of anilines is 1. The van der Waals surface area contributed by atoms with E-state index in [1.807, 2.05) is 4.90 Å². The number of carboxylic acids is 1. The van der Waals surface area contributed by atoms with E-state index in [1.54, 1.807) is 0 Å². The van der Waals surface area contributed by atoms with Crippen molar-refractivity contribution in [1.29, 1.82) is 0 Å². The van der Waals surface area contributed by atoms with Crippen molar-refractivity contribution in [2.24, 2.45) is 11.7 Å². The molecule has 1 atom stereocenters. The van der Waals surface area contributed by atoms with E-state index in [0.717, 1.165) is 13.0 Å². The van der Waals surface area contributed by atoms with Gasteiger partial charge in [0.2, 0.25) is 0 Å². The SMILES string of the molecule is NC(=O)c1nccnc1N1CCC(CCC(=O)O)C1. The maximum Gasteiger partial charge on any atom is 0.303 e. The van der Waals surface area contributed by atoms with Gasteiger partial charge in [0.05, 0.1) is 0 Å². The van der Waals surface area contributed by atoms with Crippen molar-refractivity contribution in [3.8, 4) is 0 Å². The van der Waals surface area contributed by atoms with Gasteiger partial charge in [0.25, 0.3) is 5.91 Å². The zero-order chi connectivity index (χ0) is 13.8. The molecule has 7 nitrogen and oxygen atoms in total. The number of rotatable bonds is 5. The predicted octanol–water partition coefficient (Wildman–Crippen LogP) is 0.267. The van der Waals surface area contributed by atoms with Crippen molar-refractivity contribution in [2.45, 2.75) is 19.3 Å². The molecule has 1 saturated heterocycles. The van der Waals surface area contributed by atoms with Gasteiger partial charge in [-0.25, -0.2) is 9.97 Å². The van der Waals surface area contributed by atoms with E-state index in [2.05, 4.69) is 9.97 Å². The molecule has 1 aromatic rings. The summed E-state index contributed by atoms with van der Waals surface area (Å²) in [7, 11) is 0. The van der Waals surface area contributed by atoms with Crippen LogP contribution in [0.5, 0.6) is 0 Å². The smallest absolute Gasteiger partial charge is 0.303 e. The van der Waals surface area contributed by atoms with Crippen molar-refractivity contribution in [1.82, 2.24) is 9.97 Å². The maximum atomic E-state index is 11.3. The number of aliphatic carboxylic acids is 1. The van der Waals surface area contributed by atoms with Crippen molar-refractivity contribution in [3.63, 3.8) is 0 Å². The van der Waals surface area contributed by atoms with Crippen molar-refractivity contribution >= 4 is 17.7 Å². The van der Waals surface area contributed by atoms with Crippen LogP contribution in [0, 0.1) is 5.92 Å². The van der Waals surface area contributed by atoms with Gasteiger partial charge in [0.1, 0.15) is 0 Å². The Hall–Kier alpha value is -2.18. The molecule has 0 aromatic carbocycles. The number of carbonyl (C=O) groups excluding carboxylic acids is 1. The van der Waals surface area contributed by atoms with E-state index in [9.17, 15) is 9.59 Å². The highest BCUT2D eigenvalue weighted by Crippen LogP contribution is 2.26. The molecule has 1 unspecified atom stereocenters. The molecule has 1 fully saturated rings. The molecule has 0 aliphatic carbocycles. The van der Waals surface area contributed by atoms with Crippen LogP contribution in [-0.4, -0.2) is 40.0 Å². The summed E-state index contributed by atoms with van der Waals surface area (Å²) in [6.07, 6.45) is 4.65. The normalized spacial score (nSPS) is 18.5. The minimum absolute atomic E-state index is 0.168. The molecule has 3 N–H and O–H groups in total. The lowest BCUT2D eigenvalue weighted by molar-refractivity contribution is -0.137. The number of carboxylic acid groups (broad SMARTS) is 1. The number of amides is 1. The van der Waals surface area contributed by atoms with E-state index in [1.165, 1.54) is 12.4 Å². The van der Waals surface area contributed by atoms with Crippen LogP contribution in [0.4, 0.5) is 5.82 Å². The fourth-order valence-electron chi connectivity index (χ4n) is 2.32. The Balaban J connectivity index is 2.04. The van der Waals surface area contributed by atoms with Crippen LogP contribution in [0.1, 0.15) is 29.8 Å². The van der Waals surface area contributed by atoms with Crippen LogP contribution >= 0.6 is 0 Å². The number of carbonyl (C=O) groups is 2. The van der Waals surface area contributed by atoms with Crippen LogP contribution in [0.2, 0.25) is 0 Å². The average molecular weight is 264 g/mol. The second kappa shape index (κ2) is 5.64. The van der Waals surface area contributed by atoms with E-state index in [-0.39, 0.29) is 12.1 Å².